The van der Waals surface area contributed by atoms with Crippen molar-refractivity contribution in [2.45, 2.75) is 12.8 Å². The van der Waals surface area contributed by atoms with E-state index in [1.54, 1.807) is 0 Å². The molecule has 1 aromatic carbocycles. The molecule has 0 radical (unpaired) electrons. The molecule has 0 spiro atoms. The Bertz CT molecular complexity index is 393. The van der Waals surface area contributed by atoms with Gasteiger partial charge in [0.25, 0.3) is 0 Å². The molecule has 0 heterocycles. The maximum Gasteiger partial charge on any atom is 0.420 e. The number of hydrogen-bond acceptors (Lipinski definition) is 4. The summed E-state index contributed by atoms with van der Waals surface area (Å²) in [6, 6.07) is 2.13. The Labute approximate surface area is 96.0 Å². The summed E-state index contributed by atoms with van der Waals surface area (Å²) in [5.74, 6) is 4.47. The molecule has 0 saturated carbocycles. The molecule has 7 heteroatoms. The highest BCUT2D eigenvalue weighted by atomic mass is 19.4. The zero-order valence-electron chi connectivity index (χ0n) is 9.30. The van der Waals surface area contributed by atoms with Gasteiger partial charge in [-0.25, -0.2) is 5.90 Å². The molecule has 0 aliphatic rings. The fourth-order valence-electron chi connectivity index (χ4n) is 1.46. The van der Waals surface area contributed by atoms with Gasteiger partial charge in [-0.1, -0.05) is 6.07 Å². The Morgan fingerprint density at radius 1 is 1.12 bits per heavy atom. The minimum absolute atomic E-state index is 0.0345. The van der Waals surface area contributed by atoms with Crippen LogP contribution in [-0.4, -0.2) is 14.2 Å². The third kappa shape index (κ3) is 2.80. The van der Waals surface area contributed by atoms with Gasteiger partial charge in [-0.05, 0) is 6.07 Å². The van der Waals surface area contributed by atoms with Crippen molar-refractivity contribution in [2.75, 3.05) is 14.2 Å². The van der Waals surface area contributed by atoms with Crippen molar-refractivity contribution in [1.82, 2.24) is 0 Å². The first-order valence-corrected chi connectivity index (χ1v) is 4.58. The summed E-state index contributed by atoms with van der Waals surface area (Å²) in [6.45, 7) is -0.0718. The number of rotatable bonds is 4. The molecule has 17 heavy (non-hydrogen) atoms. The summed E-state index contributed by atoms with van der Waals surface area (Å²) in [4.78, 5) is 4.38. The lowest BCUT2D eigenvalue weighted by Crippen LogP contribution is -2.10. The molecule has 1 aromatic rings. The van der Waals surface area contributed by atoms with Crippen LogP contribution < -0.4 is 15.4 Å². The molecule has 0 fully saturated rings. The maximum atomic E-state index is 12.7. The van der Waals surface area contributed by atoms with Gasteiger partial charge in [-0.3, -0.25) is 4.84 Å². The van der Waals surface area contributed by atoms with E-state index in [2.05, 4.69) is 4.84 Å². The molecule has 0 atom stereocenters. The van der Waals surface area contributed by atoms with Crippen molar-refractivity contribution in [3.8, 4) is 11.5 Å². The molecule has 0 aromatic heterocycles. The van der Waals surface area contributed by atoms with Crippen molar-refractivity contribution in [3.05, 3.63) is 23.3 Å². The number of benzene rings is 1. The van der Waals surface area contributed by atoms with Crippen molar-refractivity contribution in [1.29, 1.82) is 0 Å². The highest BCUT2D eigenvalue weighted by molar-refractivity contribution is 5.52. The first kappa shape index (κ1) is 13.6. The highest BCUT2D eigenvalue weighted by Crippen LogP contribution is 2.43. The minimum Gasteiger partial charge on any atom is -0.492 e. The second-order valence-corrected chi connectivity index (χ2v) is 3.15. The predicted molar refractivity (Wildman–Crippen MR) is 53.5 cm³/mol. The molecule has 1 rings (SSSR count). The van der Waals surface area contributed by atoms with E-state index in [9.17, 15) is 13.2 Å². The van der Waals surface area contributed by atoms with Crippen LogP contribution in [0.4, 0.5) is 13.2 Å². The summed E-state index contributed by atoms with van der Waals surface area (Å²) in [5, 5.41) is 0. The lowest BCUT2D eigenvalue weighted by molar-refractivity contribution is -0.138. The van der Waals surface area contributed by atoms with E-state index < -0.39 is 11.7 Å². The Balaban J connectivity index is 3.37. The summed E-state index contributed by atoms with van der Waals surface area (Å²) >= 11 is 0. The molecule has 0 aliphatic heterocycles. The van der Waals surface area contributed by atoms with Crippen LogP contribution in [0, 0.1) is 0 Å². The van der Waals surface area contributed by atoms with Crippen molar-refractivity contribution >= 4 is 0 Å². The van der Waals surface area contributed by atoms with Crippen LogP contribution in [0.1, 0.15) is 11.1 Å². The SMILES string of the molecule is COc1c(CON)ccc(C(F)(F)F)c1OC. The molecule has 0 saturated heterocycles. The van der Waals surface area contributed by atoms with Crippen LogP contribution in [-0.2, 0) is 17.6 Å². The van der Waals surface area contributed by atoms with Gasteiger partial charge >= 0.3 is 6.18 Å². The number of nitrogens with two attached hydrogens (primary N) is 1. The molecule has 0 amide bonds. The molecular weight excluding hydrogens is 239 g/mol. The van der Waals surface area contributed by atoms with Crippen LogP contribution in [0.3, 0.4) is 0 Å². The molecule has 0 aliphatic carbocycles. The monoisotopic (exact) mass is 251 g/mol. The first-order valence-electron chi connectivity index (χ1n) is 4.58. The van der Waals surface area contributed by atoms with Crippen molar-refractivity contribution in [2.24, 2.45) is 5.90 Å². The van der Waals surface area contributed by atoms with Gasteiger partial charge in [0, 0.05) is 5.56 Å². The van der Waals surface area contributed by atoms with Crippen LogP contribution in [0.25, 0.3) is 0 Å². The van der Waals surface area contributed by atoms with E-state index in [1.807, 2.05) is 0 Å². The third-order valence-corrected chi connectivity index (χ3v) is 2.15. The van der Waals surface area contributed by atoms with Gasteiger partial charge in [-0.2, -0.15) is 13.2 Å². The standard InChI is InChI=1S/C10H12F3NO3/c1-15-8-6(5-17-14)3-4-7(9(8)16-2)10(11,12)13/h3-4H,5,14H2,1-2H3. The van der Waals surface area contributed by atoms with Crippen LogP contribution in [0.2, 0.25) is 0 Å². The normalized spacial score (nSPS) is 11.4. The third-order valence-electron chi connectivity index (χ3n) is 2.15. The topological polar surface area (TPSA) is 53.7 Å². The number of methoxy groups -OCH3 is 2. The van der Waals surface area contributed by atoms with Crippen LogP contribution in [0.5, 0.6) is 11.5 Å². The lowest BCUT2D eigenvalue weighted by Gasteiger charge is -2.17. The second kappa shape index (κ2) is 5.24. The van der Waals surface area contributed by atoms with Gasteiger partial charge in [0.15, 0.2) is 11.5 Å². The zero-order valence-corrected chi connectivity index (χ0v) is 9.30. The average molecular weight is 251 g/mol. The van der Waals surface area contributed by atoms with Gasteiger partial charge in [0.1, 0.15) is 5.56 Å². The first-order chi connectivity index (χ1) is 7.95. The number of hydrogen-bond donors (Lipinski definition) is 1. The summed E-state index contributed by atoms with van der Waals surface area (Å²) in [7, 11) is 2.39. The van der Waals surface area contributed by atoms with E-state index >= 15 is 0 Å². The number of alkyl halides is 3. The second-order valence-electron chi connectivity index (χ2n) is 3.15. The van der Waals surface area contributed by atoms with E-state index in [4.69, 9.17) is 15.4 Å². The molecule has 4 nitrogen and oxygen atoms in total. The molecule has 96 valence electrons. The molecule has 2 N–H and O–H groups in total. The molecule has 0 unspecified atom stereocenters. The van der Waals surface area contributed by atoms with Gasteiger partial charge in [0.2, 0.25) is 0 Å². The van der Waals surface area contributed by atoms with Crippen LogP contribution >= 0.6 is 0 Å². The fraction of sp³-hybridized carbons (Fsp3) is 0.400. The van der Waals surface area contributed by atoms with Gasteiger partial charge in [0.05, 0.1) is 20.8 Å². The van der Waals surface area contributed by atoms with E-state index in [0.29, 0.717) is 5.56 Å². The summed E-state index contributed by atoms with van der Waals surface area (Å²) < 4.78 is 47.7. The van der Waals surface area contributed by atoms with E-state index in [-0.39, 0.29) is 18.1 Å². The fourth-order valence-corrected chi connectivity index (χ4v) is 1.46. The maximum absolute atomic E-state index is 12.7. The van der Waals surface area contributed by atoms with Gasteiger partial charge < -0.3 is 9.47 Å². The zero-order chi connectivity index (χ0) is 13.1. The van der Waals surface area contributed by atoms with E-state index in [1.165, 1.54) is 13.2 Å². The summed E-state index contributed by atoms with van der Waals surface area (Å²) in [5.41, 5.74) is -0.530. The van der Waals surface area contributed by atoms with Crippen molar-refractivity contribution < 1.29 is 27.5 Å². The van der Waals surface area contributed by atoms with Crippen molar-refractivity contribution in [3.63, 3.8) is 0 Å². The quantitative estimate of drug-likeness (QED) is 0.833. The van der Waals surface area contributed by atoms with E-state index in [0.717, 1.165) is 13.2 Å². The molecule has 0 bridgehead atoms. The smallest absolute Gasteiger partial charge is 0.420 e. The highest BCUT2D eigenvalue weighted by Gasteiger charge is 2.36. The van der Waals surface area contributed by atoms with Gasteiger partial charge in [-0.15, -0.1) is 0 Å². The number of ether oxygens (including phenoxy) is 2. The average Bonchev–Trinajstić information content (AvgIpc) is 2.27. The Morgan fingerprint density at radius 3 is 2.12 bits per heavy atom. The Hall–Kier alpha value is -1.47. The number of halogens is 3. The largest absolute Gasteiger partial charge is 0.492 e. The minimum atomic E-state index is -4.51. The predicted octanol–water partition coefficient (Wildman–Crippen LogP) is 2.11. The molecular formula is C10H12F3NO3. The summed E-state index contributed by atoms with van der Waals surface area (Å²) in [6.07, 6.45) is -4.51. The van der Waals surface area contributed by atoms with Crippen LogP contribution in [0.15, 0.2) is 12.1 Å². The Morgan fingerprint density at radius 2 is 1.71 bits per heavy atom. The lowest BCUT2D eigenvalue weighted by atomic mass is 10.1. The Kier molecular flexibility index (Phi) is 4.19.